The number of nitrogens with zero attached hydrogens (tertiary/aromatic N) is 2. The van der Waals surface area contributed by atoms with Gasteiger partial charge in [0.05, 0.1) is 12.0 Å². The summed E-state index contributed by atoms with van der Waals surface area (Å²) >= 11 is 3.48. The lowest BCUT2D eigenvalue weighted by Gasteiger charge is -2.00. The molecular weight excluding hydrogens is 271 g/mol. The molecule has 0 radical (unpaired) electrons. The van der Waals surface area contributed by atoms with Crippen LogP contribution in [0.1, 0.15) is 11.3 Å². The van der Waals surface area contributed by atoms with E-state index in [0.717, 1.165) is 28.7 Å². The van der Waals surface area contributed by atoms with Gasteiger partial charge in [-0.25, -0.2) is 9.37 Å². The first-order valence-corrected chi connectivity index (χ1v) is 5.86. The van der Waals surface area contributed by atoms with Crippen molar-refractivity contribution in [1.82, 2.24) is 9.55 Å². The highest BCUT2D eigenvalue weighted by molar-refractivity contribution is 9.10. The van der Waals surface area contributed by atoms with Crippen molar-refractivity contribution in [2.24, 2.45) is 7.05 Å². The molecule has 84 valence electrons. The van der Waals surface area contributed by atoms with Crippen LogP contribution in [0.3, 0.4) is 0 Å². The third-order valence-corrected chi connectivity index (χ3v) is 3.52. The van der Waals surface area contributed by atoms with Crippen molar-refractivity contribution in [2.45, 2.75) is 12.8 Å². The van der Waals surface area contributed by atoms with E-state index < -0.39 is 0 Å². The van der Waals surface area contributed by atoms with Gasteiger partial charge in [-0.2, -0.15) is 0 Å². The van der Waals surface area contributed by atoms with Gasteiger partial charge in [-0.1, -0.05) is 12.1 Å². The average Bonchev–Trinajstić information content (AvgIpc) is 2.60. The van der Waals surface area contributed by atoms with Crippen molar-refractivity contribution in [3.8, 4) is 0 Å². The fourth-order valence-electron chi connectivity index (χ4n) is 1.55. The summed E-state index contributed by atoms with van der Waals surface area (Å²) in [6.07, 6.45) is 3.51. The summed E-state index contributed by atoms with van der Waals surface area (Å²) in [6, 6.07) is 6.60. The van der Waals surface area contributed by atoms with Gasteiger partial charge in [-0.15, -0.1) is 0 Å². The lowest BCUT2D eigenvalue weighted by molar-refractivity contribution is 0.627. The third kappa shape index (κ3) is 2.50. The monoisotopic (exact) mass is 282 g/mol. The SMILES string of the molecule is Cn1cnc(CCc2ccc(F)cc2)c1Br. The van der Waals surface area contributed by atoms with Gasteiger partial charge in [-0.3, -0.25) is 0 Å². The van der Waals surface area contributed by atoms with Crippen LogP contribution in [0.15, 0.2) is 35.2 Å². The summed E-state index contributed by atoms with van der Waals surface area (Å²) in [5.41, 5.74) is 2.16. The van der Waals surface area contributed by atoms with Crippen LogP contribution >= 0.6 is 15.9 Å². The molecule has 2 nitrogen and oxygen atoms in total. The molecule has 0 fully saturated rings. The Balaban J connectivity index is 2.02. The van der Waals surface area contributed by atoms with E-state index in [2.05, 4.69) is 20.9 Å². The number of halogens is 2. The van der Waals surface area contributed by atoms with E-state index in [0.29, 0.717) is 0 Å². The van der Waals surface area contributed by atoms with Gasteiger partial charge in [-0.05, 0) is 46.5 Å². The number of imidazole rings is 1. The van der Waals surface area contributed by atoms with Crippen LogP contribution < -0.4 is 0 Å². The van der Waals surface area contributed by atoms with Crippen LogP contribution in [-0.4, -0.2) is 9.55 Å². The molecule has 1 aromatic heterocycles. The third-order valence-electron chi connectivity index (χ3n) is 2.50. The number of hydrogen-bond donors (Lipinski definition) is 0. The minimum absolute atomic E-state index is 0.192. The number of hydrogen-bond acceptors (Lipinski definition) is 1. The normalized spacial score (nSPS) is 10.7. The molecule has 0 saturated heterocycles. The lowest BCUT2D eigenvalue weighted by Crippen LogP contribution is -1.93. The number of aromatic nitrogens is 2. The fourth-order valence-corrected chi connectivity index (χ4v) is 1.94. The van der Waals surface area contributed by atoms with Gasteiger partial charge in [0.1, 0.15) is 10.4 Å². The number of benzene rings is 1. The summed E-state index contributed by atoms with van der Waals surface area (Å²) in [5.74, 6) is -0.192. The largest absolute Gasteiger partial charge is 0.328 e. The Bertz CT molecular complexity index is 476. The molecule has 2 aromatic rings. The number of aryl methyl sites for hydroxylation is 3. The molecule has 0 amide bonds. The summed E-state index contributed by atoms with van der Waals surface area (Å²) < 4.78 is 15.6. The smallest absolute Gasteiger partial charge is 0.123 e. The predicted molar refractivity (Wildman–Crippen MR) is 64.7 cm³/mol. The summed E-state index contributed by atoms with van der Waals surface area (Å²) in [5, 5.41) is 0. The lowest BCUT2D eigenvalue weighted by atomic mass is 10.1. The molecule has 16 heavy (non-hydrogen) atoms. The minimum atomic E-state index is -0.192. The van der Waals surface area contributed by atoms with Crippen LogP contribution in [0.4, 0.5) is 4.39 Å². The molecule has 1 heterocycles. The van der Waals surface area contributed by atoms with Crippen LogP contribution in [0.5, 0.6) is 0 Å². The zero-order valence-electron chi connectivity index (χ0n) is 8.95. The Kier molecular flexibility index (Phi) is 3.39. The molecule has 0 N–H and O–H groups in total. The maximum absolute atomic E-state index is 12.7. The van der Waals surface area contributed by atoms with Gasteiger partial charge in [0.25, 0.3) is 0 Å². The van der Waals surface area contributed by atoms with Crippen LogP contribution in [0, 0.1) is 5.82 Å². The molecule has 0 aliphatic carbocycles. The Hall–Kier alpha value is -1.16. The highest BCUT2D eigenvalue weighted by atomic mass is 79.9. The molecule has 1 aromatic carbocycles. The molecule has 0 spiro atoms. The quantitative estimate of drug-likeness (QED) is 0.846. The highest BCUT2D eigenvalue weighted by Gasteiger charge is 2.05. The molecule has 0 bridgehead atoms. The average molecular weight is 283 g/mol. The zero-order valence-corrected chi connectivity index (χ0v) is 10.5. The van der Waals surface area contributed by atoms with Crippen molar-refractivity contribution in [3.05, 3.63) is 52.3 Å². The van der Waals surface area contributed by atoms with Gasteiger partial charge in [0.2, 0.25) is 0 Å². The second-order valence-corrected chi connectivity index (χ2v) is 4.47. The van der Waals surface area contributed by atoms with E-state index in [1.165, 1.54) is 12.1 Å². The van der Waals surface area contributed by atoms with Crippen molar-refractivity contribution in [2.75, 3.05) is 0 Å². The molecule has 0 atom stereocenters. The molecule has 0 unspecified atom stereocenters. The van der Waals surface area contributed by atoms with Gasteiger partial charge >= 0.3 is 0 Å². The maximum atomic E-state index is 12.7. The zero-order chi connectivity index (χ0) is 11.5. The van der Waals surface area contributed by atoms with E-state index >= 15 is 0 Å². The molecule has 2 rings (SSSR count). The van der Waals surface area contributed by atoms with Gasteiger partial charge in [0, 0.05) is 7.05 Å². The first-order chi connectivity index (χ1) is 7.66. The maximum Gasteiger partial charge on any atom is 0.123 e. The Morgan fingerprint density at radius 2 is 1.94 bits per heavy atom. The second-order valence-electron chi connectivity index (χ2n) is 3.72. The van der Waals surface area contributed by atoms with Crippen LogP contribution in [0.25, 0.3) is 0 Å². The van der Waals surface area contributed by atoms with Crippen molar-refractivity contribution >= 4 is 15.9 Å². The van der Waals surface area contributed by atoms with E-state index in [9.17, 15) is 4.39 Å². The first kappa shape index (κ1) is 11.3. The van der Waals surface area contributed by atoms with E-state index in [-0.39, 0.29) is 5.82 Å². The molecule has 0 aliphatic rings. The van der Waals surface area contributed by atoms with Gasteiger partial charge in [0.15, 0.2) is 0 Å². The Labute approximate surface area is 102 Å². The minimum Gasteiger partial charge on any atom is -0.328 e. The molecule has 0 saturated carbocycles. The van der Waals surface area contributed by atoms with Crippen LogP contribution in [0.2, 0.25) is 0 Å². The standard InChI is InChI=1S/C12H12BrFN2/c1-16-8-15-11(12(16)13)7-4-9-2-5-10(14)6-3-9/h2-3,5-6,8H,4,7H2,1H3. The predicted octanol–water partition coefficient (Wildman–Crippen LogP) is 3.11. The van der Waals surface area contributed by atoms with Crippen molar-refractivity contribution < 1.29 is 4.39 Å². The summed E-state index contributed by atoms with van der Waals surface area (Å²) in [6.45, 7) is 0. The van der Waals surface area contributed by atoms with Crippen molar-refractivity contribution in [3.63, 3.8) is 0 Å². The second kappa shape index (κ2) is 4.78. The molecule has 0 aliphatic heterocycles. The van der Waals surface area contributed by atoms with Crippen molar-refractivity contribution in [1.29, 1.82) is 0 Å². The highest BCUT2D eigenvalue weighted by Crippen LogP contribution is 2.16. The topological polar surface area (TPSA) is 17.8 Å². The Morgan fingerprint density at radius 1 is 1.25 bits per heavy atom. The van der Waals surface area contributed by atoms with Crippen LogP contribution in [-0.2, 0) is 19.9 Å². The Morgan fingerprint density at radius 3 is 2.50 bits per heavy atom. The number of rotatable bonds is 3. The van der Waals surface area contributed by atoms with Gasteiger partial charge < -0.3 is 4.57 Å². The summed E-state index contributed by atoms with van der Waals surface area (Å²) in [4.78, 5) is 4.29. The summed E-state index contributed by atoms with van der Waals surface area (Å²) in [7, 11) is 1.94. The van der Waals surface area contributed by atoms with E-state index in [1.807, 2.05) is 23.7 Å². The fraction of sp³-hybridized carbons (Fsp3) is 0.250. The van der Waals surface area contributed by atoms with E-state index in [1.54, 1.807) is 6.33 Å². The van der Waals surface area contributed by atoms with E-state index in [4.69, 9.17) is 0 Å². The molecular formula is C12H12BrFN2. The first-order valence-electron chi connectivity index (χ1n) is 5.07. The molecule has 4 heteroatoms.